The monoisotopic (exact) mass is 238 g/mol. The van der Waals surface area contributed by atoms with Crippen LogP contribution in [0, 0.1) is 11.8 Å². The normalized spacial score (nSPS) is 12.8. The molecule has 0 unspecified atom stereocenters. The largest absolute Gasteiger partial charge is 0.313 e. The minimum Gasteiger partial charge on any atom is -0.313 e. The van der Waals surface area contributed by atoms with E-state index in [1.807, 2.05) is 11.6 Å². The van der Waals surface area contributed by atoms with Crippen molar-refractivity contribution in [3.8, 4) is 0 Å². The summed E-state index contributed by atoms with van der Waals surface area (Å²) >= 11 is 1.69. The second-order valence-corrected chi connectivity index (χ2v) is 5.70. The average Bonchev–Trinajstić information content (AvgIpc) is 2.68. The summed E-state index contributed by atoms with van der Waals surface area (Å²) in [6.45, 7) is 11.0. The Balaban J connectivity index is 2.54. The molecule has 1 N–H and O–H groups in total. The second-order valence-electron chi connectivity index (χ2n) is 4.77. The molecule has 0 saturated carbocycles. The molecule has 3 heteroatoms. The highest BCUT2D eigenvalue weighted by Crippen LogP contribution is 2.15. The van der Waals surface area contributed by atoms with Gasteiger partial charge in [-0.05, 0) is 24.5 Å². The molecule has 0 amide bonds. The van der Waals surface area contributed by atoms with Crippen LogP contribution in [0.5, 0.6) is 0 Å². The van der Waals surface area contributed by atoms with Crippen LogP contribution in [-0.2, 0) is 0 Å². The molecule has 0 spiro atoms. The highest BCUT2D eigenvalue weighted by Gasteiger charge is 2.04. The van der Waals surface area contributed by atoms with Gasteiger partial charge in [0, 0.05) is 18.1 Å². The van der Waals surface area contributed by atoms with Crippen molar-refractivity contribution in [1.82, 2.24) is 10.3 Å². The van der Waals surface area contributed by atoms with E-state index in [0.29, 0.717) is 11.8 Å². The van der Waals surface area contributed by atoms with Gasteiger partial charge < -0.3 is 5.32 Å². The molecule has 0 aliphatic heterocycles. The molecule has 0 aliphatic carbocycles. The van der Waals surface area contributed by atoms with Crippen molar-refractivity contribution in [2.75, 3.05) is 13.1 Å². The molecule has 90 valence electrons. The molecule has 1 aromatic rings. The van der Waals surface area contributed by atoms with Crippen LogP contribution >= 0.6 is 11.3 Å². The molecule has 1 aromatic heterocycles. The fraction of sp³-hybridized carbons (Fsp3) is 0.615. The highest BCUT2D eigenvalue weighted by molar-refractivity contribution is 7.10. The summed E-state index contributed by atoms with van der Waals surface area (Å²) in [6, 6.07) is 0. The van der Waals surface area contributed by atoms with Crippen LogP contribution < -0.4 is 5.32 Å². The van der Waals surface area contributed by atoms with Crippen molar-refractivity contribution in [1.29, 1.82) is 0 Å². The quantitative estimate of drug-likeness (QED) is 0.821. The third kappa shape index (κ3) is 4.90. The number of nitrogens with zero attached hydrogens (tertiary/aromatic N) is 1. The number of hydrogen-bond acceptors (Lipinski definition) is 3. The molecular formula is C13H22N2S. The van der Waals surface area contributed by atoms with Crippen LogP contribution in [0.15, 0.2) is 17.2 Å². The standard InChI is InChI=1S/C13H22N2S/c1-10(2)8-14-9-12(11(3)4)7-13-15-5-6-16-13/h5-7,10-11,14H,8-9H2,1-4H3/b12-7-. The first-order chi connectivity index (χ1) is 7.59. The van der Waals surface area contributed by atoms with Crippen LogP contribution in [0.4, 0.5) is 0 Å². The van der Waals surface area contributed by atoms with Gasteiger partial charge >= 0.3 is 0 Å². The Kier molecular flexibility index (Phi) is 5.71. The van der Waals surface area contributed by atoms with E-state index < -0.39 is 0 Å². The van der Waals surface area contributed by atoms with E-state index in [-0.39, 0.29) is 0 Å². The molecule has 0 saturated heterocycles. The first-order valence-electron chi connectivity index (χ1n) is 5.90. The summed E-state index contributed by atoms with van der Waals surface area (Å²) in [5.41, 5.74) is 1.43. The topological polar surface area (TPSA) is 24.9 Å². The van der Waals surface area contributed by atoms with Gasteiger partial charge in [0.1, 0.15) is 5.01 Å². The molecule has 0 atom stereocenters. The van der Waals surface area contributed by atoms with Crippen LogP contribution in [0.3, 0.4) is 0 Å². The van der Waals surface area contributed by atoms with E-state index >= 15 is 0 Å². The third-order valence-electron chi connectivity index (χ3n) is 2.38. The smallest absolute Gasteiger partial charge is 0.115 e. The van der Waals surface area contributed by atoms with E-state index in [1.165, 1.54) is 5.57 Å². The Hall–Kier alpha value is -0.670. The van der Waals surface area contributed by atoms with Crippen LogP contribution in [0.1, 0.15) is 32.7 Å². The fourth-order valence-corrected chi connectivity index (χ4v) is 1.99. The van der Waals surface area contributed by atoms with Gasteiger partial charge in [0.05, 0.1) is 0 Å². The maximum atomic E-state index is 4.30. The van der Waals surface area contributed by atoms with Crippen molar-refractivity contribution in [2.45, 2.75) is 27.7 Å². The molecule has 16 heavy (non-hydrogen) atoms. The molecule has 0 bridgehead atoms. The number of rotatable bonds is 6. The van der Waals surface area contributed by atoms with Gasteiger partial charge in [-0.2, -0.15) is 0 Å². The minimum atomic E-state index is 0.573. The van der Waals surface area contributed by atoms with E-state index in [4.69, 9.17) is 0 Å². The van der Waals surface area contributed by atoms with Gasteiger partial charge in [-0.3, -0.25) is 0 Å². The Bertz CT molecular complexity index is 313. The number of thiazole rings is 1. The van der Waals surface area contributed by atoms with Crippen molar-refractivity contribution in [3.63, 3.8) is 0 Å². The summed E-state index contributed by atoms with van der Waals surface area (Å²) < 4.78 is 0. The average molecular weight is 238 g/mol. The fourth-order valence-electron chi connectivity index (χ4n) is 1.39. The van der Waals surface area contributed by atoms with Gasteiger partial charge in [0.25, 0.3) is 0 Å². The Morgan fingerprint density at radius 1 is 1.44 bits per heavy atom. The van der Waals surface area contributed by atoms with E-state index in [2.05, 4.69) is 44.1 Å². The number of hydrogen-bond donors (Lipinski definition) is 1. The molecule has 1 rings (SSSR count). The molecule has 0 aromatic carbocycles. The second kappa shape index (κ2) is 6.81. The first-order valence-corrected chi connectivity index (χ1v) is 6.78. The van der Waals surface area contributed by atoms with Crippen LogP contribution in [0.25, 0.3) is 6.08 Å². The Morgan fingerprint density at radius 3 is 2.69 bits per heavy atom. The van der Waals surface area contributed by atoms with Gasteiger partial charge in [-0.1, -0.05) is 33.3 Å². The lowest BCUT2D eigenvalue weighted by Gasteiger charge is -2.13. The summed E-state index contributed by atoms with van der Waals surface area (Å²) in [5, 5.41) is 6.61. The summed E-state index contributed by atoms with van der Waals surface area (Å²) in [7, 11) is 0. The maximum Gasteiger partial charge on any atom is 0.115 e. The summed E-state index contributed by atoms with van der Waals surface area (Å²) in [6.07, 6.45) is 4.07. The van der Waals surface area contributed by atoms with E-state index in [0.717, 1.165) is 18.1 Å². The lowest BCUT2D eigenvalue weighted by Crippen LogP contribution is -2.23. The minimum absolute atomic E-state index is 0.573. The lowest BCUT2D eigenvalue weighted by atomic mass is 10.0. The number of nitrogens with one attached hydrogen (secondary N) is 1. The Morgan fingerprint density at radius 2 is 2.19 bits per heavy atom. The van der Waals surface area contributed by atoms with E-state index in [1.54, 1.807) is 11.3 Å². The van der Waals surface area contributed by atoms with Crippen molar-refractivity contribution in [2.24, 2.45) is 11.8 Å². The zero-order valence-electron chi connectivity index (χ0n) is 10.7. The predicted octanol–water partition coefficient (Wildman–Crippen LogP) is 3.43. The van der Waals surface area contributed by atoms with Crippen LogP contribution in [-0.4, -0.2) is 18.1 Å². The van der Waals surface area contributed by atoms with E-state index in [9.17, 15) is 0 Å². The maximum absolute atomic E-state index is 4.30. The number of aromatic nitrogens is 1. The van der Waals surface area contributed by atoms with Gasteiger partial charge in [0.2, 0.25) is 0 Å². The van der Waals surface area contributed by atoms with Crippen molar-refractivity contribution >= 4 is 17.4 Å². The van der Waals surface area contributed by atoms with Crippen molar-refractivity contribution < 1.29 is 0 Å². The van der Waals surface area contributed by atoms with Gasteiger partial charge in [0.15, 0.2) is 0 Å². The molecule has 2 nitrogen and oxygen atoms in total. The predicted molar refractivity (Wildman–Crippen MR) is 72.6 cm³/mol. The van der Waals surface area contributed by atoms with Gasteiger partial charge in [-0.15, -0.1) is 11.3 Å². The molecule has 0 fully saturated rings. The lowest BCUT2D eigenvalue weighted by molar-refractivity contribution is 0.558. The van der Waals surface area contributed by atoms with Crippen molar-refractivity contribution in [3.05, 3.63) is 22.2 Å². The molecule has 1 heterocycles. The summed E-state index contributed by atoms with van der Waals surface area (Å²) in [4.78, 5) is 4.30. The zero-order chi connectivity index (χ0) is 12.0. The van der Waals surface area contributed by atoms with Crippen LogP contribution in [0.2, 0.25) is 0 Å². The highest BCUT2D eigenvalue weighted by atomic mass is 32.1. The molecule has 0 aliphatic rings. The first kappa shape index (κ1) is 13.4. The SMILES string of the molecule is CC(C)CNC/C(=C/c1nccs1)C(C)C. The third-order valence-corrected chi connectivity index (χ3v) is 3.11. The molecule has 0 radical (unpaired) electrons. The molecular weight excluding hydrogens is 216 g/mol. The summed E-state index contributed by atoms with van der Waals surface area (Å²) in [5.74, 6) is 1.27. The van der Waals surface area contributed by atoms with Gasteiger partial charge in [-0.25, -0.2) is 4.98 Å². The zero-order valence-corrected chi connectivity index (χ0v) is 11.5. The Labute approximate surface area is 103 Å².